The molecule has 1 aromatic heterocycles. The highest BCUT2D eigenvalue weighted by atomic mass is 15.0. The monoisotopic (exact) mass is 259 g/mol. The van der Waals surface area contributed by atoms with E-state index in [9.17, 15) is 0 Å². The van der Waals surface area contributed by atoms with Crippen LogP contribution in [-0.2, 0) is 0 Å². The number of allylic oxidation sites excluding steroid dienone is 5. The number of fused-ring (bicyclic) bond motifs is 3. The SMILES string of the molecule is C=C/C=C\C=C(/C)n1c2ccccc2c2ccccc21. The maximum atomic E-state index is 3.70. The lowest BCUT2D eigenvalue weighted by Crippen LogP contribution is -1.92. The Labute approximate surface area is 119 Å². The normalized spacial score (nSPS) is 12.6. The Bertz CT molecular complexity index is 778. The number of hydrogen-bond donors (Lipinski definition) is 0. The van der Waals surface area contributed by atoms with E-state index < -0.39 is 0 Å². The molecule has 0 saturated heterocycles. The molecular weight excluding hydrogens is 242 g/mol. The topological polar surface area (TPSA) is 4.93 Å². The summed E-state index contributed by atoms with van der Waals surface area (Å²) in [5.41, 5.74) is 3.68. The molecule has 0 unspecified atom stereocenters. The minimum Gasteiger partial charge on any atom is -0.313 e. The van der Waals surface area contributed by atoms with Crippen molar-refractivity contribution in [2.24, 2.45) is 0 Å². The quantitative estimate of drug-likeness (QED) is 0.555. The molecule has 0 bridgehead atoms. The van der Waals surface area contributed by atoms with Crippen molar-refractivity contribution in [3.8, 4) is 0 Å². The molecule has 1 heteroatoms. The molecular formula is C19H17N. The lowest BCUT2D eigenvalue weighted by molar-refractivity contribution is 1.20. The molecule has 0 aliphatic heterocycles. The number of benzene rings is 2. The zero-order valence-electron chi connectivity index (χ0n) is 11.6. The summed E-state index contributed by atoms with van der Waals surface area (Å²) in [4.78, 5) is 0. The fraction of sp³-hybridized carbons (Fsp3) is 0.0526. The molecule has 0 radical (unpaired) electrons. The Morgan fingerprint density at radius 2 is 1.45 bits per heavy atom. The minimum atomic E-state index is 1.19. The van der Waals surface area contributed by atoms with Crippen LogP contribution < -0.4 is 0 Å². The van der Waals surface area contributed by atoms with Gasteiger partial charge in [-0.15, -0.1) is 0 Å². The third-order valence-corrected chi connectivity index (χ3v) is 3.52. The summed E-state index contributed by atoms with van der Waals surface area (Å²) in [6.45, 7) is 5.83. The van der Waals surface area contributed by atoms with Crippen LogP contribution in [-0.4, -0.2) is 4.57 Å². The van der Waals surface area contributed by atoms with Crippen LogP contribution in [0.2, 0.25) is 0 Å². The van der Waals surface area contributed by atoms with Crippen molar-refractivity contribution in [1.29, 1.82) is 0 Å². The summed E-state index contributed by atoms with van der Waals surface area (Å²) in [5, 5.41) is 2.59. The third kappa shape index (κ3) is 1.97. The summed E-state index contributed by atoms with van der Waals surface area (Å²) < 4.78 is 2.30. The fourth-order valence-corrected chi connectivity index (χ4v) is 2.65. The van der Waals surface area contributed by atoms with Gasteiger partial charge in [-0.2, -0.15) is 0 Å². The Morgan fingerprint density at radius 3 is 2.00 bits per heavy atom. The molecule has 0 amide bonds. The standard InChI is InChI=1S/C19H17N/c1-3-4-5-10-15(2)20-18-13-8-6-11-16(18)17-12-7-9-14-19(17)20/h3-14H,1H2,2H3/b5-4-,15-10+. The van der Waals surface area contributed by atoms with Crippen molar-refractivity contribution in [3.05, 3.63) is 79.4 Å². The van der Waals surface area contributed by atoms with Crippen molar-refractivity contribution < 1.29 is 0 Å². The highest BCUT2D eigenvalue weighted by Gasteiger charge is 2.09. The lowest BCUT2D eigenvalue weighted by Gasteiger charge is -2.06. The molecule has 0 atom stereocenters. The summed E-state index contributed by atoms with van der Waals surface area (Å²) in [6, 6.07) is 17.1. The van der Waals surface area contributed by atoms with E-state index in [0.717, 1.165) is 0 Å². The predicted molar refractivity (Wildman–Crippen MR) is 88.7 cm³/mol. The first-order valence-corrected chi connectivity index (χ1v) is 6.77. The Kier molecular flexibility index (Phi) is 3.26. The molecule has 0 aliphatic rings. The van der Waals surface area contributed by atoms with Gasteiger partial charge in [-0.1, -0.05) is 61.2 Å². The van der Waals surface area contributed by atoms with E-state index in [-0.39, 0.29) is 0 Å². The maximum Gasteiger partial charge on any atom is 0.0537 e. The average Bonchev–Trinajstić information content (AvgIpc) is 2.82. The number of hydrogen-bond acceptors (Lipinski definition) is 0. The van der Waals surface area contributed by atoms with Crippen LogP contribution in [0.5, 0.6) is 0 Å². The smallest absolute Gasteiger partial charge is 0.0537 e. The van der Waals surface area contributed by atoms with Crippen LogP contribution in [0.25, 0.3) is 27.5 Å². The van der Waals surface area contributed by atoms with E-state index in [4.69, 9.17) is 0 Å². The van der Waals surface area contributed by atoms with Crippen molar-refractivity contribution in [2.45, 2.75) is 6.92 Å². The largest absolute Gasteiger partial charge is 0.313 e. The molecule has 3 rings (SSSR count). The number of nitrogens with zero attached hydrogens (tertiary/aromatic N) is 1. The van der Waals surface area contributed by atoms with Gasteiger partial charge in [-0.05, 0) is 25.1 Å². The summed E-state index contributed by atoms with van der Waals surface area (Å²) in [6.07, 6.45) is 7.86. The average molecular weight is 259 g/mol. The van der Waals surface area contributed by atoms with E-state index in [0.29, 0.717) is 0 Å². The molecule has 1 nitrogen and oxygen atoms in total. The van der Waals surface area contributed by atoms with Crippen molar-refractivity contribution in [3.63, 3.8) is 0 Å². The minimum absolute atomic E-state index is 1.19. The van der Waals surface area contributed by atoms with Gasteiger partial charge in [-0.25, -0.2) is 0 Å². The van der Waals surface area contributed by atoms with Crippen molar-refractivity contribution >= 4 is 27.5 Å². The first kappa shape index (κ1) is 12.5. The number of para-hydroxylation sites is 2. The van der Waals surface area contributed by atoms with Crippen LogP contribution in [0.3, 0.4) is 0 Å². The van der Waals surface area contributed by atoms with Gasteiger partial charge in [0.05, 0.1) is 11.0 Å². The molecule has 0 N–H and O–H groups in total. The summed E-state index contributed by atoms with van der Waals surface area (Å²) in [7, 11) is 0. The van der Waals surface area contributed by atoms with Gasteiger partial charge in [0.1, 0.15) is 0 Å². The molecule has 3 aromatic rings. The second-order valence-electron chi connectivity index (χ2n) is 4.80. The third-order valence-electron chi connectivity index (χ3n) is 3.52. The van der Waals surface area contributed by atoms with Crippen molar-refractivity contribution in [2.75, 3.05) is 0 Å². The Morgan fingerprint density at radius 1 is 0.900 bits per heavy atom. The van der Waals surface area contributed by atoms with E-state index in [1.807, 2.05) is 12.2 Å². The van der Waals surface area contributed by atoms with Gasteiger partial charge >= 0.3 is 0 Å². The van der Waals surface area contributed by atoms with E-state index >= 15 is 0 Å². The van der Waals surface area contributed by atoms with Crippen LogP contribution in [0.4, 0.5) is 0 Å². The van der Waals surface area contributed by atoms with Crippen LogP contribution >= 0.6 is 0 Å². The molecule has 0 aliphatic carbocycles. The fourth-order valence-electron chi connectivity index (χ4n) is 2.65. The lowest BCUT2D eigenvalue weighted by atomic mass is 10.2. The predicted octanol–water partition coefficient (Wildman–Crippen LogP) is 5.40. The van der Waals surface area contributed by atoms with E-state index in [1.165, 1.54) is 27.5 Å². The zero-order chi connectivity index (χ0) is 13.9. The zero-order valence-corrected chi connectivity index (χ0v) is 11.6. The molecule has 20 heavy (non-hydrogen) atoms. The summed E-state index contributed by atoms with van der Waals surface area (Å²) in [5.74, 6) is 0. The molecule has 0 fully saturated rings. The second kappa shape index (κ2) is 5.22. The second-order valence-corrected chi connectivity index (χ2v) is 4.80. The number of rotatable bonds is 3. The first-order valence-electron chi connectivity index (χ1n) is 6.77. The summed E-state index contributed by atoms with van der Waals surface area (Å²) >= 11 is 0. The number of aromatic nitrogens is 1. The van der Waals surface area contributed by atoms with Gasteiger partial charge in [0, 0.05) is 16.5 Å². The van der Waals surface area contributed by atoms with Gasteiger partial charge in [-0.3, -0.25) is 0 Å². The van der Waals surface area contributed by atoms with Crippen LogP contribution in [0, 0.1) is 0 Å². The molecule has 2 aromatic carbocycles. The van der Waals surface area contributed by atoms with Gasteiger partial charge < -0.3 is 4.57 Å². The molecule has 1 heterocycles. The van der Waals surface area contributed by atoms with Gasteiger partial charge in [0.25, 0.3) is 0 Å². The highest BCUT2D eigenvalue weighted by Crippen LogP contribution is 2.31. The van der Waals surface area contributed by atoms with Gasteiger partial charge in [0.2, 0.25) is 0 Å². The van der Waals surface area contributed by atoms with Gasteiger partial charge in [0.15, 0.2) is 0 Å². The van der Waals surface area contributed by atoms with Crippen molar-refractivity contribution in [1.82, 2.24) is 4.57 Å². The van der Waals surface area contributed by atoms with Crippen LogP contribution in [0.15, 0.2) is 79.4 Å². The van der Waals surface area contributed by atoms with E-state index in [1.54, 1.807) is 6.08 Å². The first-order chi connectivity index (χ1) is 9.83. The molecule has 0 saturated carbocycles. The highest BCUT2D eigenvalue weighted by molar-refractivity contribution is 6.09. The Hall–Kier alpha value is -2.54. The van der Waals surface area contributed by atoms with Crippen LogP contribution in [0.1, 0.15) is 6.92 Å². The molecule has 0 spiro atoms. The Balaban J connectivity index is 2.34. The van der Waals surface area contributed by atoms with E-state index in [2.05, 4.69) is 72.7 Å². The maximum absolute atomic E-state index is 3.70. The molecule has 98 valence electrons.